The van der Waals surface area contributed by atoms with Crippen LogP contribution in [0.25, 0.3) is 22.3 Å². The highest BCUT2D eigenvalue weighted by molar-refractivity contribution is 8.44. The summed E-state index contributed by atoms with van der Waals surface area (Å²) >= 11 is 4.00. The van der Waals surface area contributed by atoms with Crippen LogP contribution < -0.4 is 16.2 Å². The number of rotatable bonds is 2. The Labute approximate surface area is 251 Å². The molecule has 24 heteroatoms. The first-order valence-corrected chi connectivity index (χ1v) is 16.9. The van der Waals surface area contributed by atoms with Crippen molar-refractivity contribution in [2.75, 3.05) is 24.6 Å². The Balaban J connectivity index is 1.17. The smallest absolute Gasteiger partial charge is 0.386 e. The number of anilines is 2. The van der Waals surface area contributed by atoms with Gasteiger partial charge in [-0.1, -0.05) is 12.2 Å². The fourth-order valence-corrected chi connectivity index (χ4v) is 7.69. The number of nitrogens with zero attached hydrogens (tertiary/aromatic N) is 8. The molecule has 4 aromatic rings. The SMILES string of the molecule is Nc1ncnc2c1ncn2[C@@H]1O[C@@H]2CO[P@@](=O)(S)O[C@H]3[C@@H](F)[C@H](n4cnc5c(N)ncnc54)O[C@@H]3CNS(=O)(=O)O[C@H]2[C@H]1O. The van der Waals surface area contributed by atoms with E-state index in [1.165, 1.54) is 28.1 Å². The van der Waals surface area contributed by atoms with Crippen molar-refractivity contribution in [1.29, 1.82) is 0 Å². The van der Waals surface area contributed by atoms with Crippen LogP contribution in [0.3, 0.4) is 0 Å². The van der Waals surface area contributed by atoms with Crippen molar-refractivity contribution in [3.05, 3.63) is 25.3 Å². The van der Waals surface area contributed by atoms with E-state index in [0.717, 1.165) is 6.33 Å². The number of imidazole rings is 2. The van der Waals surface area contributed by atoms with Gasteiger partial charge < -0.3 is 26.0 Å². The minimum Gasteiger partial charge on any atom is -0.386 e. The second-order valence-corrected chi connectivity index (χ2v) is 14.2. The summed E-state index contributed by atoms with van der Waals surface area (Å²) in [6.07, 6.45) is -7.61. The number of ether oxygens (including phenoxy) is 2. The van der Waals surface area contributed by atoms with Gasteiger partial charge in [0.15, 0.2) is 41.6 Å². The van der Waals surface area contributed by atoms with Crippen LogP contribution in [0.4, 0.5) is 16.0 Å². The van der Waals surface area contributed by atoms with Crippen molar-refractivity contribution in [3.8, 4) is 0 Å². The first-order valence-electron chi connectivity index (χ1n) is 12.7. The number of nitrogens with two attached hydrogens (primary N) is 2. The molecule has 3 aliphatic heterocycles. The number of nitrogen functional groups attached to an aromatic ring is 2. The average molecular weight is 676 g/mol. The maximum Gasteiger partial charge on any atom is 0.386 e. The standard InChI is InChI=1S/C20H23FN11O9PS2/c21-9-13-7(38-19(9)31-5-28-10-15(22)24-3-26-17(10)31)1-30-44(35,36)41-14-8(2-37-42(34,43)40-13)39-20(12(14)33)32-6-29-11-16(23)25-4-27-18(11)32/h3-9,12-14,19-20,30,33H,1-2H2,(H,34,43)(H2,22,24,26)(H2,23,25,27)/t7-,8-,9-,12-,13-,14-,19-,20-,42-/m1/s1. The van der Waals surface area contributed by atoms with Crippen molar-refractivity contribution in [3.63, 3.8) is 0 Å². The maximum atomic E-state index is 15.9. The van der Waals surface area contributed by atoms with Crippen LogP contribution >= 0.6 is 19.0 Å². The average Bonchev–Trinajstić information content (AvgIpc) is 3.73. The first-order chi connectivity index (χ1) is 20.9. The molecular formula is C20H23FN11O9PS2. The molecule has 3 saturated heterocycles. The fraction of sp³-hybridized carbons (Fsp3) is 0.500. The Morgan fingerprint density at radius 3 is 2.18 bits per heavy atom. The molecule has 7 rings (SSSR count). The highest BCUT2D eigenvalue weighted by atomic mass is 32.7. The topological polar surface area (TPSA) is 269 Å². The van der Waals surface area contributed by atoms with Gasteiger partial charge in [0.25, 0.3) is 0 Å². The molecule has 0 radical (unpaired) electrons. The molecule has 0 saturated carbocycles. The number of thiol groups is 1. The molecular weight excluding hydrogens is 652 g/mol. The second kappa shape index (κ2) is 10.8. The Morgan fingerprint density at radius 2 is 1.55 bits per heavy atom. The first kappa shape index (κ1) is 29.6. The second-order valence-electron chi connectivity index (χ2n) is 9.93. The molecule has 0 aromatic carbocycles. The number of halogens is 1. The highest BCUT2D eigenvalue weighted by Gasteiger charge is 2.53. The van der Waals surface area contributed by atoms with Crippen LogP contribution in [0.15, 0.2) is 25.3 Å². The van der Waals surface area contributed by atoms with Gasteiger partial charge in [0, 0.05) is 6.54 Å². The van der Waals surface area contributed by atoms with Gasteiger partial charge in [0.1, 0.15) is 54.2 Å². The Hall–Kier alpha value is -3.12. The summed E-state index contributed by atoms with van der Waals surface area (Å²) in [5.74, 6) is 0.103. The molecule has 6 N–H and O–H groups in total. The largest absolute Gasteiger partial charge is 0.386 e. The molecule has 7 heterocycles. The summed E-state index contributed by atoms with van der Waals surface area (Å²) in [7, 11) is -4.65. The van der Waals surface area contributed by atoms with Crippen molar-refractivity contribution in [2.45, 2.75) is 49.1 Å². The molecule has 0 bridgehead atoms. The molecule has 0 amide bonds. The van der Waals surface area contributed by atoms with E-state index in [9.17, 15) is 18.1 Å². The van der Waals surface area contributed by atoms with Crippen molar-refractivity contribution >= 4 is 63.3 Å². The normalized spacial score (nSPS) is 36.1. The lowest BCUT2D eigenvalue weighted by Crippen LogP contribution is -2.45. The zero-order chi connectivity index (χ0) is 31.0. The molecule has 0 aliphatic carbocycles. The molecule has 20 nitrogen and oxygen atoms in total. The van der Waals surface area contributed by atoms with Gasteiger partial charge in [-0.15, -0.1) is 0 Å². The summed E-state index contributed by atoms with van der Waals surface area (Å²) in [5, 5.41) is 11.1. The van der Waals surface area contributed by atoms with E-state index < -0.39 is 79.4 Å². The number of alkyl halides is 1. The minimum absolute atomic E-state index is 0.0406. The molecule has 4 aromatic heterocycles. The summed E-state index contributed by atoms with van der Waals surface area (Å²) < 4.78 is 87.9. The third kappa shape index (κ3) is 5.07. The Morgan fingerprint density at radius 1 is 0.955 bits per heavy atom. The van der Waals surface area contributed by atoms with E-state index in [0.29, 0.717) is 0 Å². The van der Waals surface area contributed by atoms with E-state index >= 15 is 4.39 Å². The number of hydrogen-bond donors (Lipinski definition) is 5. The van der Waals surface area contributed by atoms with E-state index in [1.54, 1.807) is 0 Å². The number of aliphatic hydroxyl groups is 1. The molecule has 9 atom stereocenters. The predicted molar refractivity (Wildman–Crippen MR) is 147 cm³/mol. The molecule has 3 fully saturated rings. The molecule has 44 heavy (non-hydrogen) atoms. The molecule has 0 spiro atoms. The molecule has 0 unspecified atom stereocenters. The number of aliphatic hydroxyl groups excluding tert-OH is 1. The lowest BCUT2D eigenvalue weighted by molar-refractivity contribution is -0.0497. The Bertz CT molecular complexity index is 1900. The van der Waals surface area contributed by atoms with Gasteiger partial charge in [0.2, 0.25) is 0 Å². The third-order valence-electron chi connectivity index (χ3n) is 7.25. The van der Waals surface area contributed by atoms with Crippen LogP contribution in [0.5, 0.6) is 0 Å². The lowest BCUT2D eigenvalue weighted by Gasteiger charge is -2.26. The zero-order valence-electron chi connectivity index (χ0n) is 22.0. The van der Waals surface area contributed by atoms with E-state index in [4.69, 9.17) is 34.2 Å². The van der Waals surface area contributed by atoms with Crippen molar-refractivity contribution < 1.29 is 45.2 Å². The van der Waals surface area contributed by atoms with Gasteiger partial charge in [-0.05, 0) is 0 Å². The van der Waals surface area contributed by atoms with Gasteiger partial charge in [-0.3, -0.25) is 18.2 Å². The van der Waals surface area contributed by atoms with Crippen LogP contribution in [0.1, 0.15) is 12.5 Å². The monoisotopic (exact) mass is 675 g/mol. The summed E-state index contributed by atoms with van der Waals surface area (Å²) in [5.41, 5.74) is 12.4. The summed E-state index contributed by atoms with van der Waals surface area (Å²) in [6, 6.07) is 0. The van der Waals surface area contributed by atoms with Crippen LogP contribution in [-0.4, -0.2) is 102 Å². The number of hydrogen-bond acceptors (Lipinski definition) is 17. The van der Waals surface area contributed by atoms with Crippen LogP contribution in [-0.2, 0) is 37.6 Å². The Kier molecular flexibility index (Phi) is 7.23. The van der Waals surface area contributed by atoms with Gasteiger partial charge in [-0.2, -0.15) is 13.1 Å². The third-order valence-corrected chi connectivity index (χ3v) is 9.87. The number of fused-ring (bicyclic) bond motifs is 4. The van der Waals surface area contributed by atoms with Gasteiger partial charge in [-0.25, -0.2) is 43.0 Å². The van der Waals surface area contributed by atoms with E-state index in [-0.39, 0.29) is 34.0 Å². The predicted octanol–water partition coefficient (Wildman–Crippen LogP) is -1.00. The van der Waals surface area contributed by atoms with Crippen LogP contribution in [0.2, 0.25) is 0 Å². The maximum absolute atomic E-state index is 15.9. The fourth-order valence-electron chi connectivity index (χ4n) is 5.24. The summed E-state index contributed by atoms with van der Waals surface area (Å²) in [4.78, 5) is 24.1. The molecule has 3 aliphatic rings. The van der Waals surface area contributed by atoms with Crippen molar-refractivity contribution in [1.82, 2.24) is 43.8 Å². The highest BCUT2D eigenvalue weighted by Crippen LogP contribution is 2.57. The van der Waals surface area contributed by atoms with Gasteiger partial charge in [0.05, 0.1) is 19.3 Å². The van der Waals surface area contributed by atoms with E-state index in [2.05, 4.69) is 46.9 Å². The molecule has 236 valence electrons. The number of aromatic nitrogens is 8. The lowest BCUT2D eigenvalue weighted by atomic mass is 10.1. The minimum atomic E-state index is -4.65. The van der Waals surface area contributed by atoms with Crippen LogP contribution in [0, 0.1) is 0 Å². The van der Waals surface area contributed by atoms with Gasteiger partial charge >= 0.3 is 17.1 Å². The van der Waals surface area contributed by atoms with E-state index in [1.807, 2.05) is 0 Å². The summed E-state index contributed by atoms with van der Waals surface area (Å²) in [6.45, 7) is -5.64. The quantitative estimate of drug-likeness (QED) is 0.126. The zero-order valence-corrected chi connectivity index (χ0v) is 24.6. The van der Waals surface area contributed by atoms with Crippen molar-refractivity contribution in [2.24, 2.45) is 0 Å². The number of nitrogens with one attached hydrogen (secondary N) is 1.